The molecule has 0 fully saturated rings. The molecule has 1 heterocycles. The zero-order valence-electron chi connectivity index (χ0n) is 14.0. The second-order valence-electron chi connectivity index (χ2n) is 5.28. The second-order valence-corrected chi connectivity index (χ2v) is 5.72. The summed E-state index contributed by atoms with van der Waals surface area (Å²) in [5.74, 6) is -0.688. The molecular weight excluding hydrogens is 377 g/mol. The number of oxime groups is 1. The molecular formula is C18H13ClFN3O4. The molecule has 9 heteroatoms. The van der Waals surface area contributed by atoms with Gasteiger partial charge in [0.2, 0.25) is 0 Å². The minimum absolute atomic E-state index is 0.107. The smallest absolute Gasteiger partial charge is 0.387 e. The summed E-state index contributed by atoms with van der Waals surface area (Å²) >= 11 is 5.93. The van der Waals surface area contributed by atoms with E-state index in [0.29, 0.717) is 21.9 Å². The first kappa shape index (κ1) is 18.4. The number of methoxy groups -OCH3 is 1. The Kier molecular flexibility index (Phi) is 5.37. The van der Waals surface area contributed by atoms with Crippen LogP contribution in [0.2, 0.25) is 5.02 Å². The molecule has 138 valence electrons. The van der Waals surface area contributed by atoms with Gasteiger partial charge < -0.3 is 19.8 Å². The predicted octanol–water partition coefficient (Wildman–Crippen LogP) is 3.62. The number of nitrogens with zero attached hydrogens (tertiary/aromatic N) is 2. The first-order valence-electron chi connectivity index (χ1n) is 7.59. The average Bonchev–Trinajstić information content (AvgIpc) is 3.16. The molecule has 3 aromatic rings. The van der Waals surface area contributed by atoms with Crippen LogP contribution in [-0.2, 0) is 4.84 Å². The zero-order chi connectivity index (χ0) is 19.4. The Morgan fingerprint density at radius 1 is 1.22 bits per heavy atom. The number of amidine groups is 1. The summed E-state index contributed by atoms with van der Waals surface area (Å²) in [5, 5.41) is 7.62. The van der Waals surface area contributed by atoms with Gasteiger partial charge in [-0.05, 0) is 42.5 Å². The van der Waals surface area contributed by atoms with E-state index in [0.717, 1.165) is 0 Å². The fourth-order valence-electron chi connectivity index (χ4n) is 2.19. The third-order valence-corrected chi connectivity index (χ3v) is 3.75. The Morgan fingerprint density at radius 2 is 1.96 bits per heavy atom. The molecule has 2 N–H and O–H groups in total. The van der Waals surface area contributed by atoms with Crippen molar-refractivity contribution in [3.05, 3.63) is 70.6 Å². The molecule has 27 heavy (non-hydrogen) atoms. The third-order valence-electron chi connectivity index (χ3n) is 3.51. The lowest BCUT2D eigenvalue weighted by Crippen LogP contribution is -2.16. The van der Waals surface area contributed by atoms with Crippen molar-refractivity contribution in [3.8, 4) is 17.1 Å². The van der Waals surface area contributed by atoms with Gasteiger partial charge in [0.15, 0.2) is 17.3 Å². The third kappa shape index (κ3) is 4.24. The molecule has 7 nitrogen and oxygen atoms in total. The Labute approximate surface area is 158 Å². The summed E-state index contributed by atoms with van der Waals surface area (Å²) in [7, 11) is 1.46. The van der Waals surface area contributed by atoms with Crippen LogP contribution in [-0.4, -0.2) is 24.1 Å². The molecule has 0 amide bonds. The van der Waals surface area contributed by atoms with Gasteiger partial charge in [-0.25, -0.2) is 9.18 Å². The number of carbonyl (C=O) groups excluding carboxylic acids is 1. The van der Waals surface area contributed by atoms with Crippen molar-refractivity contribution < 1.29 is 23.3 Å². The minimum atomic E-state index is -0.879. The van der Waals surface area contributed by atoms with Crippen molar-refractivity contribution in [1.29, 1.82) is 0 Å². The molecule has 0 spiro atoms. The quantitative estimate of drug-likeness (QED) is 0.309. The van der Waals surface area contributed by atoms with Crippen LogP contribution < -0.4 is 10.5 Å². The topological polar surface area (TPSA) is 99.9 Å². The standard InChI is InChI=1S/C18H13ClFN3O4/c1-25-15-7-4-11(19)8-13(15)17(21)23-27-18(24)14-9-16(26-22-14)10-2-5-12(20)6-3-10/h2-9H,1H3,(H2,21,23). The lowest BCUT2D eigenvalue weighted by Gasteiger charge is -2.07. The van der Waals surface area contributed by atoms with Crippen LogP contribution in [0.15, 0.2) is 58.2 Å². The molecule has 0 aliphatic carbocycles. The SMILES string of the molecule is COc1ccc(Cl)cc1/C(N)=N/OC(=O)c1cc(-c2ccc(F)cc2)on1. The Hall–Kier alpha value is -3.39. The molecule has 0 saturated carbocycles. The van der Waals surface area contributed by atoms with E-state index in [9.17, 15) is 9.18 Å². The summed E-state index contributed by atoms with van der Waals surface area (Å²) in [5.41, 5.74) is 6.63. The van der Waals surface area contributed by atoms with Gasteiger partial charge in [-0.3, -0.25) is 0 Å². The maximum absolute atomic E-state index is 13.0. The molecule has 0 atom stereocenters. The molecule has 0 aliphatic rings. The van der Waals surface area contributed by atoms with E-state index in [2.05, 4.69) is 10.3 Å². The number of rotatable bonds is 5. The van der Waals surface area contributed by atoms with Gasteiger partial charge in [0.1, 0.15) is 11.6 Å². The fraction of sp³-hybridized carbons (Fsp3) is 0.0556. The van der Waals surface area contributed by atoms with Gasteiger partial charge in [0.25, 0.3) is 0 Å². The van der Waals surface area contributed by atoms with Crippen LogP contribution in [0.5, 0.6) is 5.75 Å². The van der Waals surface area contributed by atoms with Gasteiger partial charge >= 0.3 is 5.97 Å². The number of benzene rings is 2. The number of halogens is 2. The predicted molar refractivity (Wildman–Crippen MR) is 96.0 cm³/mol. The lowest BCUT2D eigenvalue weighted by molar-refractivity contribution is 0.0504. The van der Waals surface area contributed by atoms with E-state index < -0.39 is 5.97 Å². The number of ether oxygens (including phenoxy) is 1. The highest BCUT2D eigenvalue weighted by atomic mass is 35.5. The first-order valence-corrected chi connectivity index (χ1v) is 7.97. The molecule has 3 rings (SSSR count). The summed E-state index contributed by atoms with van der Waals surface area (Å²) in [6.45, 7) is 0. The maximum Gasteiger partial charge on any atom is 0.387 e. The van der Waals surface area contributed by atoms with Gasteiger partial charge in [-0.1, -0.05) is 21.9 Å². The van der Waals surface area contributed by atoms with Crippen molar-refractivity contribution in [1.82, 2.24) is 5.16 Å². The number of aromatic nitrogens is 1. The van der Waals surface area contributed by atoms with Crippen LogP contribution >= 0.6 is 11.6 Å². The molecule has 0 unspecified atom stereocenters. The van der Waals surface area contributed by atoms with E-state index >= 15 is 0 Å². The fourth-order valence-corrected chi connectivity index (χ4v) is 2.36. The first-order chi connectivity index (χ1) is 13.0. The van der Waals surface area contributed by atoms with Crippen molar-refractivity contribution in [2.24, 2.45) is 10.9 Å². The molecule has 0 saturated heterocycles. The van der Waals surface area contributed by atoms with Crippen molar-refractivity contribution in [3.63, 3.8) is 0 Å². The maximum atomic E-state index is 13.0. The molecule has 0 bridgehead atoms. The highest BCUT2D eigenvalue weighted by Gasteiger charge is 2.16. The van der Waals surface area contributed by atoms with E-state index in [1.807, 2.05) is 0 Å². The van der Waals surface area contributed by atoms with Crippen LogP contribution in [0.1, 0.15) is 16.1 Å². The largest absolute Gasteiger partial charge is 0.496 e. The summed E-state index contributed by atoms with van der Waals surface area (Å²) in [4.78, 5) is 16.9. The van der Waals surface area contributed by atoms with Crippen LogP contribution in [0.4, 0.5) is 4.39 Å². The molecule has 0 radical (unpaired) electrons. The normalized spacial score (nSPS) is 11.3. The molecule has 2 aromatic carbocycles. The number of hydrogen-bond acceptors (Lipinski definition) is 6. The van der Waals surface area contributed by atoms with Crippen LogP contribution in [0.3, 0.4) is 0 Å². The Balaban J connectivity index is 1.75. The Morgan fingerprint density at radius 3 is 2.67 bits per heavy atom. The van der Waals surface area contributed by atoms with E-state index in [1.54, 1.807) is 12.1 Å². The summed E-state index contributed by atoms with van der Waals surface area (Å²) < 4.78 is 23.2. The number of hydrogen-bond donors (Lipinski definition) is 1. The van der Waals surface area contributed by atoms with Crippen molar-refractivity contribution in [2.75, 3.05) is 7.11 Å². The highest BCUT2D eigenvalue weighted by Crippen LogP contribution is 2.23. The van der Waals surface area contributed by atoms with E-state index in [-0.39, 0.29) is 23.1 Å². The molecule has 0 aliphatic heterocycles. The van der Waals surface area contributed by atoms with Crippen molar-refractivity contribution >= 4 is 23.4 Å². The highest BCUT2D eigenvalue weighted by molar-refractivity contribution is 6.31. The number of nitrogens with two attached hydrogens (primary N) is 1. The number of carbonyl (C=O) groups is 1. The monoisotopic (exact) mass is 389 g/mol. The van der Waals surface area contributed by atoms with Gasteiger partial charge in [-0.2, -0.15) is 0 Å². The van der Waals surface area contributed by atoms with Gasteiger partial charge in [-0.15, -0.1) is 0 Å². The minimum Gasteiger partial charge on any atom is -0.496 e. The van der Waals surface area contributed by atoms with Gasteiger partial charge in [0, 0.05) is 16.7 Å². The Bertz CT molecular complexity index is 1000. The molecule has 1 aromatic heterocycles. The van der Waals surface area contributed by atoms with Crippen molar-refractivity contribution in [2.45, 2.75) is 0 Å². The van der Waals surface area contributed by atoms with Gasteiger partial charge in [0.05, 0.1) is 12.7 Å². The zero-order valence-corrected chi connectivity index (χ0v) is 14.7. The second kappa shape index (κ2) is 7.88. The van der Waals surface area contributed by atoms with E-state index in [1.165, 1.54) is 43.5 Å². The average molecular weight is 390 g/mol. The van der Waals surface area contributed by atoms with E-state index in [4.69, 9.17) is 31.4 Å². The summed E-state index contributed by atoms with van der Waals surface area (Å²) in [6, 6.07) is 11.6. The summed E-state index contributed by atoms with van der Waals surface area (Å²) in [6.07, 6.45) is 0. The van der Waals surface area contributed by atoms with Crippen LogP contribution in [0, 0.1) is 5.82 Å². The van der Waals surface area contributed by atoms with Crippen LogP contribution in [0.25, 0.3) is 11.3 Å². The lowest BCUT2D eigenvalue weighted by atomic mass is 10.1.